The van der Waals surface area contributed by atoms with Crippen molar-refractivity contribution in [2.75, 3.05) is 18.2 Å². The van der Waals surface area contributed by atoms with Gasteiger partial charge in [-0.3, -0.25) is 0 Å². The second-order valence-electron chi connectivity index (χ2n) is 4.08. The number of carbonyl (C=O) groups is 1. The number of methoxy groups -OCH3 is 1. The molecule has 0 unspecified atom stereocenters. The number of ether oxygens (including phenoxy) is 1. The molecular weight excluding hydrogens is 324 g/mol. The predicted octanol–water partition coefficient (Wildman–Crippen LogP) is 3.48. The molecule has 2 aromatic rings. The van der Waals surface area contributed by atoms with E-state index >= 15 is 0 Å². The van der Waals surface area contributed by atoms with Gasteiger partial charge in [0.25, 0.3) is 0 Å². The third kappa shape index (κ3) is 3.03. The first kappa shape index (κ1) is 14.2. The van der Waals surface area contributed by atoms with Crippen LogP contribution in [-0.2, 0) is 0 Å². The number of benzene rings is 2. The zero-order chi connectivity index (χ0) is 14.7. The monoisotopic (exact) mass is 336 g/mol. The van der Waals surface area contributed by atoms with Crippen LogP contribution in [0.25, 0.3) is 0 Å². The van der Waals surface area contributed by atoms with E-state index in [1.807, 2.05) is 12.1 Å². The lowest BCUT2D eigenvalue weighted by molar-refractivity contribution is 0.0698. The summed E-state index contributed by atoms with van der Waals surface area (Å²) in [6.07, 6.45) is 0. The van der Waals surface area contributed by atoms with Crippen molar-refractivity contribution in [1.29, 1.82) is 0 Å². The number of rotatable bonds is 4. The molecule has 104 valence electrons. The third-order valence-corrected chi connectivity index (χ3v) is 3.18. The Bertz CT molecular complexity index is 659. The van der Waals surface area contributed by atoms with Crippen LogP contribution in [0.2, 0.25) is 0 Å². The van der Waals surface area contributed by atoms with Crippen molar-refractivity contribution < 1.29 is 14.6 Å². The van der Waals surface area contributed by atoms with Gasteiger partial charge >= 0.3 is 5.97 Å². The smallest absolute Gasteiger partial charge is 0.337 e. The fourth-order valence-corrected chi connectivity index (χ4v) is 2.24. The summed E-state index contributed by atoms with van der Waals surface area (Å²) in [5.41, 5.74) is 7.39. The molecule has 4 N–H and O–H groups in total. The standard InChI is InChI=1S/C14H13BrN2O3/c1-20-10-6-8(15)5-9(7-10)17-12-4-2-3-11(13(12)16)14(18)19/h2-7,17H,16H2,1H3,(H,18,19). The highest BCUT2D eigenvalue weighted by atomic mass is 79.9. The van der Waals surface area contributed by atoms with E-state index in [4.69, 9.17) is 15.6 Å². The first-order valence-corrected chi connectivity index (χ1v) is 6.54. The second kappa shape index (κ2) is 5.83. The van der Waals surface area contributed by atoms with Gasteiger partial charge in [-0.2, -0.15) is 0 Å². The van der Waals surface area contributed by atoms with E-state index in [1.165, 1.54) is 6.07 Å². The van der Waals surface area contributed by atoms with E-state index in [9.17, 15) is 4.79 Å². The molecular formula is C14H13BrN2O3. The van der Waals surface area contributed by atoms with Crippen LogP contribution in [0.15, 0.2) is 40.9 Å². The van der Waals surface area contributed by atoms with E-state index in [1.54, 1.807) is 25.3 Å². The molecule has 6 heteroatoms. The lowest BCUT2D eigenvalue weighted by atomic mass is 10.1. The first-order chi connectivity index (χ1) is 9.51. The van der Waals surface area contributed by atoms with Crippen molar-refractivity contribution in [3.63, 3.8) is 0 Å². The number of hydrogen-bond donors (Lipinski definition) is 3. The summed E-state index contributed by atoms with van der Waals surface area (Å²) in [5, 5.41) is 12.1. The summed E-state index contributed by atoms with van der Waals surface area (Å²) in [7, 11) is 1.57. The summed E-state index contributed by atoms with van der Waals surface area (Å²) >= 11 is 3.38. The fraction of sp³-hybridized carbons (Fsp3) is 0.0714. The summed E-state index contributed by atoms with van der Waals surface area (Å²) < 4.78 is 6.01. The molecule has 20 heavy (non-hydrogen) atoms. The second-order valence-corrected chi connectivity index (χ2v) is 4.99. The molecule has 0 aliphatic heterocycles. The number of nitrogen functional groups attached to an aromatic ring is 1. The Morgan fingerprint density at radius 1 is 1.35 bits per heavy atom. The van der Waals surface area contributed by atoms with Crippen LogP contribution in [0.5, 0.6) is 5.75 Å². The van der Waals surface area contributed by atoms with Gasteiger partial charge in [0.1, 0.15) is 5.75 Å². The Balaban J connectivity index is 2.37. The quantitative estimate of drug-likeness (QED) is 0.744. The number of carboxylic acid groups (broad SMARTS) is 1. The number of halogens is 1. The number of carboxylic acids is 1. The highest BCUT2D eigenvalue weighted by Gasteiger charge is 2.11. The molecule has 0 saturated heterocycles. The SMILES string of the molecule is COc1cc(Br)cc(Nc2cccc(C(=O)O)c2N)c1. The lowest BCUT2D eigenvalue weighted by Crippen LogP contribution is -2.05. The first-order valence-electron chi connectivity index (χ1n) is 5.74. The maximum absolute atomic E-state index is 11.0. The third-order valence-electron chi connectivity index (χ3n) is 2.72. The number of hydrogen-bond acceptors (Lipinski definition) is 4. The maximum Gasteiger partial charge on any atom is 0.337 e. The van der Waals surface area contributed by atoms with Gasteiger partial charge in [0.05, 0.1) is 24.0 Å². The topological polar surface area (TPSA) is 84.6 Å². The minimum Gasteiger partial charge on any atom is -0.497 e. The molecule has 0 heterocycles. The fourth-order valence-electron chi connectivity index (χ4n) is 1.77. The lowest BCUT2D eigenvalue weighted by Gasteiger charge is -2.12. The van der Waals surface area contributed by atoms with E-state index in [-0.39, 0.29) is 11.3 Å². The zero-order valence-corrected chi connectivity index (χ0v) is 12.3. The molecule has 0 aliphatic carbocycles. The highest BCUT2D eigenvalue weighted by Crippen LogP contribution is 2.30. The van der Waals surface area contributed by atoms with Crippen LogP contribution >= 0.6 is 15.9 Å². The number of nitrogens with one attached hydrogen (secondary N) is 1. The largest absolute Gasteiger partial charge is 0.497 e. The van der Waals surface area contributed by atoms with Crippen LogP contribution in [0.1, 0.15) is 10.4 Å². The number of nitrogens with two attached hydrogens (primary N) is 1. The van der Waals surface area contributed by atoms with Crippen LogP contribution < -0.4 is 15.8 Å². The van der Waals surface area contributed by atoms with E-state index in [0.717, 1.165) is 10.2 Å². The molecule has 2 aromatic carbocycles. The molecule has 0 bridgehead atoms. The van der Waals surface area contributed by atoms with Gasteiger partial charge in [0, 0.05) is 16.2 Å². The summed E-state index contributed by atoms with van der Waals surface area (Å²) in [6.45, 7) is 0. The van der Waals surface area contributed by atoms with E-state index in [2.05, 4.69) is 21.2 Å². The number of aromatic carboxylic acids is 1. The summed E-state index contributed by atoms with van der Waals surface area (Å²) in [4.78, 5) is 11.0. The molecule has 0 aromatic heterocycles. The molecule has 0 atom stereocenters. The number of para-hydroxylation sites is 1. The Morgan fingerprint density at radius 2 is 2.10 bits per heavy atom. The van der Waals surface area contributed by atoms with Gasteiger partial charge in [-0.1, -0.05) is 22.0 Å². The Labute approximate surface area is 124 Å². The Morgan fingerprint density at radius 3 is 2.75 bits per heavy atom. The van der Waals surface area contributed by atoms with E-state index < -0.39 is 5.97 Å². The zero-order valence-electron chi connectivity index (χ0n) is 10.7. The predicted molar refractivity (Wildman–Crippen MR) is 81.8 cm³/mol. The van der Waals surface area contributed by atoms with Crippen molar-refractivity contribution in [1.82, 2.24) is 0 Å². The van der Waals surface area contributed by atoms with Gasteiger partial charge in [-0.25, -0.2) is 4.79 Å². The van der Waals surface area contributed by atoms with Gasteiger partial charge < -0.3 is 20.9 Å². The van der Waals surface area contributed by atoms with Gasteiger partial charge in [-0.05, 0) is 24.3 Å². The molecule has 0 radical (unpaired) electrons. The molecule has 0 saturated carbocycles. The average molecular weight is 337 g/mol. The van der Waals surface area contributed by atoms with Crippen LogP contribution in [0.3, 0.4) is 0 Å². The molecule has 0 spiro atoms. The molecule has 0 amide bonds. The van der Waals surface area contributed by atoms with Crippen LogP contribution in [-0.4, -0.2) is 18.2 Å². The van der Waals surface area contributed by atoms with Crippen molar-refractivity contribution in [2.45, 2.75) is 0 Å². The molecule has 0 aliphatic rings. The highest BCUT2D eigenvalue weighted by molar-refractivity contribution is 9.10. The number of anilines is 3. The van der Waals surface area contributed by atoms with Crippen molar-refractivity contribution in [3.8, 4) is 5.75 Å². The molecule has 5 nitrogen and oxygen atoms in total. The van der Waals surface area contributed by atoms with Gasteiger partial charge in [-0.15, -0.1) is 0 Å². The average Bonchev–Trinajstić information content (AvgIpc) is 2.40. The minimum absolute atomic E-state index is 0.0666. The van der Waals surface area contributed by atoms with Crippen LogP contribution in [0, 0.1) is 0 Å². The Hall–Kier alpha value is -2.21. The molecule has 0 fully saturated rings. The van der Waals surface area contributed by atoms with Gasteiger partial charge in [0.15, 0.2) is 0 Å². The summed E-state index contributed by atoms with van der Waals surface area (Å²) in [5.74, 6) is -0.382. The van der Waals surface area contributed by atoms with Crippen LogP contribution in [0.4, 0.5) is 17.1 Å². The van der Waals surface area contributed by atoms with Gasteiger partial charge in [0.2, 0.25) is 0 Å². The van der Waals surface area contributed by atoms with Crippen molar-refractivity contribution in [2.24, 2.45) is 0 Å². The normalized spacial score (nSPS) is 10.1. The maximum atomic E-state index is 11.0. The molecule has 2 rings (SSSR count). The minimum atomic E-state index is -1.06. The van der Waals surface area contributed by atoms with Crippen molar-refractivity contribution >= 4 is 39.0 Å². The Kier molecular flexibility index (Phi) is 4.14. The summed E-state index contributed by atoms with van der Waals surface area (Å²) in [6, 6.07) is 10.3. The van der Waals surface area contributed by atoms with E-state index in [0.29, 0.717) is 11.4 Å². The van der Waals surface area contributed by atoms with Crippen molar-refractivity contribution in [3.05, 3.63) is 46.4 Å².